The summed E-state index contributed by atoms with van der Waals surface area (Å²) in [6, 6.07) is 64.4. The highest BCUT2D eigenvalue weighted by Gasteiger charge is 2.23. The molecule has 0 spiro atoms. The van der Waals surface area contributed by atoms with Gasteiger partial charge in [-0.05, 0) is 63.5 Å². The summed E-state index contributed by atoms with van der Waals surface area (Å²) in [5.74, 6) is 1.72. The van der Waals surface area contributed by atoms with Crippen molar-refractivity contribution in [3.63, 3.8) is 0 Å². The summed E-state index contributed by atoms with van der Waals surface area (Å²) in [6.07, 6.45) is 0. The number of hydrogen-bond donors (Lipinski definition) is 0. The van der Waals surface area contributed by atoms with Crippen molar-refractivity contribution >= 4 is 96.8 Å². The summed E-state index contributed by atoms with van der Waals surface area (Å²) in [4.78, 5) is 15.8. The van der Waals surface area contributed by atoms with Gasteiger partial charge in [0, 0.05) is 58.4 Å². The van der Waals surface area contributed by atoms with Crippen molar-refractivity contribution in [3.05, 3.63) is 182 Å². The number of thiophene rings is 1. The SMILES string of the molecule is c1ccc(-c2nc(-c3ccc4c(c3)oc3ccccc34)nc(-n3c4ccc5ccccc5c4c4cccc(-c5ccc6c(c5)sc5ccc7ccccc7c56)c43)n2)cc1. The van der Waals surface area contributed by atoms with Crippen LogP contribution in [0.15, 0.2) is 186 Å². The van der Waals surface area contributed by atoms with E-state index in [9.17, 15) is 0 Å². The molecule has 0 saturated carbocycles. The van der Waals surface area contributed by atoms with Gasteiger partial charge < -0.3 is 4.42 Å². The summed E-state index contributed by atoms with van der Waals surface area (Å²) in [6.45, 7) is 0. The van der Waals surface area contributed by atoms with Crippen LogP contribution in [0.4, 0.5) is 0 Å². The topological polar surface area (TPSA) is 56.7 Å². The van der Waals surface area contributed by atoms with Crippen LogP contribution < -0.4 is 0 Å². The Kier molecular flexibility index (Phi) is 6.82. The molecular weight excluding hydrogens is 741 g/mol. The van der Waals surface area contributed by atoms with E-state index in [-0.39, 0.29) is 0 Å². The number of hydrogen-bond acceptors (Lipinski definition) is 5. The number of rotatable bonds is 4. The van der Waals surface area contributed by atoms with Crippen LogP contribution in [0.3, 0.4) is 0 Å². The van der Waals surface area contributed by atoms with Gasteiger partial charge >= 0.3 is 0 Å². The Hall–Kier alpha value is -7.67. The zero-order valence-electron chi connectivity index (χ0n) is 31.4. The van der Waals surface area contributed by atoms with Crippen LogP contribution >= 0.6 is 11.3 Å². The maximum atomic E-state index is 6.35. The van der Waals surface area contributed by atoms with Crippen molar-refractivity contribution in [2.24, 2.45) is 0 Å². The van der Waals surface area contributed by atoms with Gasteiger partial charge in [-0.1, -0.05) is 146 Å². The van der Waals surface area contributed by atoms with E-state index in [1.54, 1.807) is 0 Å². The number of fused-ring (bicyclic) bond motifs is 13. The quantitative estimate of drug-likeness (QED) is 0.179. The molecule has 4 aromatic heterocycles. The molecule has 0 amide bonds. The average molecular weight is 771 g/mol. The Morgan fingerprint density at radius 2 is 1.07 bits per heavy atom. The molecule has 0 saturated heterocycles. The van der Waals surface area contributed by atoms with Crippen molar-refractivity contribution < 1.29 is 4.42 Å². The molecule has 13 aromatic rings. The molecule has 0 fully saturated rings. The van der Waals surface area contributed by atoms with E-state index in [0.717, 1.165) is 60.6 Å². The Balaban J connectivity index is 1.10. The van der Waals surface area contributed by atoms with Crippen LogP contribution in [0.5, 0.6) is 0 Å². The highest BCUT2D eigenvalue weighted by Crippen LogP contribution is 2.44. The predicted octanol–water partition coefficient (Wildman–Crippen LogP) is 14.5. The third kappa shape index (κ3) is 4.87. The Bertz CT molecular complexity index is 3860. The van der Waals surface area contributed by atoms with Crippen molar-refractivity contribution in [2.75, 3.05) is 0 Å². The van der Waals surface area contributed by atoms with E-state index >= 15 is 0 Å². The molecule has 0 atom stereocenters. The summed E-state index contributed by atoms with van der Waals surface area (Å²) in [7, 11) is 0. The third-order valence-corrected chi connectivity index (χ3v) is 13.0. The number of furan rings is 1. The summed E-state index contributed by atoms with van der Waals surface area (Å²) >= 11 is 1.85. The maximum absolute atomic E-state index is 6.35. The lowest BCUT2D eigenvalue weighted by Gasteiger charge is -2.13. The molecule has 0 aliphatic carbocycles. The Morgan fingerprint density at radius 3 is 1.92 bits per heavy atom. The Labute approximate surface area is 341 Å². The van der Waals surface area contributed by atoms with Gasteiger partial charge in [-0.25, -0.2) is 4.98 Å². The molecule has 9 aromatic carbocycles. The minimum absolute atomic E-state index is 0.552. The minimum Gasteiger partial charge on any atom is -0.456 e. The summed E-state index contributed by atoms with van der Waals surface area (Å²) in [5.41, 5.74) is 7.75. The van der Waals surface area contributed by atoms with Gasteiger partial charge in [-0.3, -0.25) is 4.57 Å². The zero-order chi connectivity index (χ0) is 38.6. The third-order valence-electron chi connectivity index (χ3n) is 11.8. The second-order valence-electron chi connectivity index (χ2n) is 15.1. The molecule has 0 aliphatic rings. The first-order valence-electron chi connectivity index (χ1n) is 19.8. The lowest BCUT2D eigenvalue weighted by Crippen LogP contribution is -2.07. The standard InChI is InChI=1S/C53H30N4OS/c1-2-13-33(14-3-1)51-54-52(35-22-25-40-39-17-8-9-20-44(39)58-45(40)29-35)56-53(55-51)57-43-27-23-31-11-4-6-15-36(31)48(43)42-19-10-18-38(50(42)57)34-21-26-41-47(30-34)59-46-28-24-32-12-5-7-16-37(32)49(41)46/h1-30H. The van der Waals surface area contributed by atoms with E-state index in [1.165, 1.54) is 47.1 Å². The first kappa shape index (κ1) is 32.4. The van der Waals surface area contributed by atoms with Gasteiger partial charge in [0.15, 0.2) is 11.6 Å². The number of benzene rings is 9. The zero-order valence-corrected chi connectivity index (χ0v) is 32.2. The average Bonchev–Trinajstić information content (AvgIpc) is 3.98. The largest absolute Gasteiger partial charge is 0.456 e. The van der Waals surface area contributed by atoms with E-state index in [1.807, 2.05) is 47.7 Å². The van der Waals surface area contributed by atoms with Gasteiger partial charge in [0.25, 0.3) is 0 Å². The molecular formula is C53H30N4OS. The number of nitrogens with zero attached hydrogens (tertiary/aromatic N) is 4. The maximum Gasteiger partial charge on any atom is 0.238 e. The molecule has 0 unspecified atom stereocenters. The van der Waals surface area contributed by atoms with Gasteiger partial charge in [-0.2, -0.15) is 9.97 Å². The molecule has 0 bridgehead atoms. The van der Waals surface area contributed by atoms with Crippen LogP contribution in [0.25, 0.3) is 125 Å². The molecule has 0 radical (unpaired) electrons. The fraction of sp³-hybridized carbons (Fsp3) is 0. The first-order valence-corrected chi connectivity index (χ1v) is 20.6. The van der Waals surface area contributed by atoms with Crippen LogP contribution in [-0.4, -0.2) is 19.5 Å². The second-order valence-corrected chi connectivity index (χ2v) is 16.2. The molecule has 59 heavy (non-hydrogen) atoms. The van der Waals surface area contributed by atoms with Gasteiger partial charge in [0.2, 0.25) is 5.95 Å². The molecule has 5 nitrogen and oxygen atoms in total. The number of para-hydroxylation sites is 2. The predicted molar refractivity (Wildman–Crippen MR) is 246 cm³/mol. The summed E-state index contributed by atoms with van der Waals surface area (Å²) < 4.78 is 11.2. The van der Waals surface area contributed by atoms with Crippen LogP contribution in [0.1, 0.15) is 0 Å². The number of aromatic nitrogens is 4. The fourth-order valence-electron chi connectivity index (χ4n) is 9.17. The lowest BCUT2D eigenvalue weighted by atomic mass is 9.98. The van der Waals surface area contributed by atoms with E-state index in [0.29, 0.717) is 17.6 Å². The van der Waals surface area contributed by atoms with Crippen molar-refractivity contribution in [2.45, 2.75) is 0 Å². The van der Waals surface area contributed by atoms with Crippen LogP contribution in [0.2, 0.25) is 0 Å². The first-order chi connectivity index (χ1) is 29.2. The highest BCUT2D eigenvalue weighted by atomic mass is 32.1. The second kappa shape index (κ2) is 12.4. The minimum atomic E-state index is 0.552. The Morgan fingerprint density at radius 1 is 0.407 bits per heavy atom. The highest BCUT2D eigenvalue weighted by molar-refractivity contribution is 7.26. The van der Waals surface area contributed by atoms with Crippen molar-refractivity contribution in [3.8, 4) is 39.9 Å². The molecule has 0 N–H and O–H groups in total. The normalized spacial score (nSPS) is 12.1. The van der Waals surface area contributed by atoms with E-state index in [2.05, 4.69) is 150 Å². The monoisotopic (exact) mass is 770 g/mol. The van der Waals surface area contributed by atoms with Crippen molar-refractivity contribution in [1.82, 2.24) is 19.5 Å². The van der Waals surface area contributed by atoms with Crippen LogP contribution in [0, 0.1) is 0 Å². The van der Waals surface area contributed by atoms with Crippen molar-refractivity contribution in [1.29, 1.82) is 0 Å². The van der Waals surface area contributed by atoms with Gasteiger partial charge in [0.1, 0.15) is 11.2 Å². The van der Waals surface area contributed by atoms with E-state index < -0.39 is 0 Å². The smallest absolute Gasteiger partial charge is 0.238 e. The van der Waals surface area contributed by atoms with Gasteiger partial charge in [0.05, 0.1) is 11.0 Å². The lowest BCUT2D eigenvalue weighted by molar-refractivity contribution is 0.669. The van der Waals surface area contributed by atoms with E-state index in [4.69, 9.17) is 19.4 Å². The van der Waals surface area contributed by atoms with Crippen LogP contribution in [-0.2, 0) is 0 Å². The molecule has 4 heterocycles. The summed E-state index contributed by atoms with van der Waals surface area (Å²) in [5, 5.41) is 12.0. The molecule has 13 rings (SSSR count). The fourth-order valence-corrected chi connectivity index (χ4v) is 10.3. The molecule has 274 valence electrons. The molecule has 0 aliphatic heterocycles. The van der Waals surface area contributed by atoms with Gasteiger partial charge in [-0.15, -0.1) is 11.3 Å². The molecule has 6 heteroatoms.